The first-order valence-corrected chi connectivity index (χ1v) is 22.4. The number of benzene rings is 2. The third-order valence-electron chi connectivity index (χ3n) is 14.5. The van der Waals surface area contributed by atoms with E-state index < -0.39 is 16.4 Å². The molecule has 0 spiro atoms. The normalized spacial score (nSPS) is 15.0. The summed E-state index contributed by atoms with van der Waals surface area (Å²) < 4.78 is 4.14. The van der Waals surface area contributed by atoms with Crippen LogP contribution >= 0.6 is 0 Å². The van der Waals surface area contributed by atoms with Crippen LogP contribution in [0.4, 0.5) is 0 Å². The fraction of sp³-hybridized carbons (Fsp3) is 0.138. The first-order chi connectivity index (χ1) is 32.8. The molecule has 0 saturated carbocycles. The van der Waals surface area contributed by atoms with Gasteiger partial charge in [-0.15, -0.1) is 22.3 Å². The number of fused-ring (bicyclic) bond motifs is 9. The van der Waals surface area contributed by atoms with Gasteiger partial charge in [0, 0.05) is 152 Å². The second-order valence-corrected chi connectivity index (χ2v) is 18.8. The van der Waals surface area contributed by atoms with Gasteiger partial charge in [-0.25, -0.2) is 0 Å². The van der Waals surface area contributed by atoms with E-state index in [9.17, 15) is 0 Å². The van der Waals surface area contributed by atoms with Gasteiger partial charge in [-0.3, -0.25) is 34.9 Å². The van der Waals surface area contributed by atoms with Gasteiger partial charge < -0.3 is 9.13 Å². The van der Waals surface area contributed by atoms with E-state index in [0.717, 1.165) is 94.7 Å². The van der Waals surface area contributed by atoms with E-state index in [2.05, 4.69) is 155 Å². The summed E-state index contributed by atoms with van der Waals surface area (Å²) in [4.78, 5) is 33.3. The fourth-order valence-electron chi connectivity index (χ4n) is 11.6. The average Bonchev–Trinajstić information content (AvgIpc) is 4.11. The van der Waals surface area contributed by atoms with Crippen LogP contribution in [0.15, 0.2) is 178 Å². The van der Waals surface area contributed by atoms with E-state index in [0.29, 0.717) is 0 Å². The predicted molar refractivity (Wildman–Crippen MR) is 254 cm³/mol. The molecule has 2 aromatic carbocycles. The Morgan fingerprint density at radius 2 is 0.882 bits per heavy atom. The minimum atomic E-state index is -0.932. The molecule has 9 nitrogen and oxygen atoms in total. The van der Waals surface area contributed by atoms with Gasteiger partial charge in [-0.1, -0.05) is 20.8 Å². The molecule has 330 valence electrons. The number of rotatable bonds is 6. The maximum Gasteiger partial charge on any atom is 0.204 e. The zero-order chi connectivity index (χ0) is 45.1. The largest absolute Gasteiger partial charge is 0.354 e. The Kier molecular flexibility index (Phi) is 9.35. The molecule has 10 aromatic rings. The summed E-state index contributed by atoms with van der Waals surface area (Å²) in [6.07, 6.45) is 32.8. The van der Waals surface area contributed by atoms with E-state index in [1.54, 1.807) is 0 Å². The minimum Gasteiger partial charge on any atom is -0.354 e. The molecule has 0 atom stereocenters. The zero-order valence-corrected chi connectivity index (χ0v) is 39.9. The van der Waals surface area contributed by atoms with Crippen molar-refractivity contribution in [1.82, 2.24) is 39.5 Å². The van der Waals surface area contributed by atoms with Crippen LogP contribution in [0.3, 0.4) is 0 Å². The molecule has 0 aliphatic heterocycles. The number of hydrogen-bond donors (Lipinski definition) is 0. The van der Waals surface area contributed by atoms with Crippen molar-refractivity contribution in [3.63, 3.8) is 0 Å². The Morgan fingerprint density at radius 3 is 1.32 bits per heavy atom. The molecule has 0 unspecified atom stereocenters. The quantitative estimate of drug-likeness (QED) is 0.121. The minimum absolute atomic E-state index is 0. The molecular weight excluding hydrogens is 1020 g/mol. The molecule has 0 N–H and O–H groups in total. The first kappa shape index (κ1) is 41.8. The Balaban J connectivity index is 0.00000480. The van der Waals surface area contributed by atoms with Crippen molar-refractivity contribution in [2.24, 2.45) is 7.05 Å². The fourth-order valence-corrected chi connectivity index (χ4v) is 11.6. The summed E-state index contributed by atoms with van der Waals surface area (Å²) in [5, 5.41) is 0. The second kappa shape index (κ2) is 15.2. The molecule has 68 heavy (non-hydrogen) atoms. The Morgan fingerprint density at radius 1 is 0.485 bits per heavy atom. The molecule has 10 heteroatoms. The summed E-state index contributed by atoms with van der Waals surface area (Å²) in [6.45, 7) is 6.74. The average molecular weight is 1060 g/mol. The van der Waals surface area contributed by atoms with Crippen molar-refractivity contribution in [1.29, 1.82) is 0 Å². The molecule has 0 bridgehead atoms. The molecule has 8 aromatic heterocycles. The molecule has 3 aliphatic carbocycles. The Bertz CT molecular complexity index is 3510. The van der Waals surface area contributed by atoms with Gasteiger partial charge in [0.1, 0.15) is 5.54 Å². The molecule has 0 amide bonds. The molecular formula is C58H41N9Pt-2. The number of aryl methyl sites for hydroxylation is 1. The van der Waals surface area contributed by atoms with E-state index in [1.807, 2.05) is 98.4 Å². The standard InChI is InChI=1S/C58H41N9.Pt/c1-55(2,3)37-11-24-65-54(29-37)57(50-14-20-61-32-44(50)45-33-62-21-15-51(45)57)40-9-5-7-38(27-40)56(48-12-18-59-30-42(48)43-31-60-19-13-49(43)56)39-8-6-10-41(28-39)58(67-26-25-66(4)36-67)52-16-22-63-34-46(52)47-35-64-23-17-53(47)58;/h5-26,29-35H,1-4H3;/q-2;. The molecule has 8 heterocycles. The molecule has 0 saturated heterocycles. The van der Waals surface area contributed by atoms with Crippen LogP contribution in [-0.4, -0.2) is 39.5 Å². The van der Waals surface area contributed by atoms with Crippen LogP contribution in [0.5, 0.6) is 0 Å². The molecule has 0 radical (unpaired) electrons. The van der Waals surface area contributed by atoms with Crippen LogP contribution in [-0.2, 0) is 49.9 Å². The smallest absolute Gasteiger partial charge is 0.204 e. The van der Waals surface area contributed by atoms with Gasteiger partial charge in [-0.05, 0) is 94.2 Å². The van der Waals surface area contributed by atoms with Crippen LogP contribution in [0.2, 0.25) is 0 Å². The van der Waals surface area contributed by atoms with Crippen LogP contribution in [0.1, 0.15) is 87.7 Å². The van der Waals surface area contributed by atoms with Crippen molar-refractivity contribution in [2.75, 3.05) is 0 Å². The van der Waals surface area contributed by atoms with Crippen LogP contribution in [0, 0.1) is 18.5 Å². The molecule has 3 aliphatic rings. The van der Waals surface area contributed by atoms with Crippen molar-refractivity contribution < 1.29 is 25.6 Å². The number of imidazole rings is 1. The summed E-state index contributed by atoms with van der Waals surface area (Å²) in [5.41, 5.74) is 15.7. The van der Waals surface area contributed by atoms with Gasteiger partial charge >= 0.3 is 0 Å². The monoisotopic (exact) mass is 1060 g/mol. The van der Waals surface area contributed by atoms with Crippen molar-refractivity contribution in [2.45, 2.75) is 42.6 Å². The first-order valence-electron chi connectivity index (χ1n) is 22.4. The Labute approximate surface area is 409 Å². The van der Waals surface area contributed by atoms with Gasteiger partial charge in [0.2, 0.25) is 6.33 Å². The van der Waals surface area contributed by atoms with Gasteiger partial charge in [-0.2, -0.15) is 48.5 Å². The summed E-state index contributed by atoms with van der Waals surface area (Å²) >= 11 is 0. The maximum absolute atomic E-state index is 5.29. The number of pyridine rings is 7. The van der Waals surface area contributed by atoms with E-state index in [4.69, 9.17) is 15.0 Å². The van der Waals surface area contributed by atoms with Crippen molar-refractivity contribution >= 4 is 0 Å². The number of hydrogen-bond acceptors (Lipinski definition) is 7. The maximum atomic E-state index is 5.29. The van der Waals surface area contributed by atoms with Gasteiger partial charge in [0.05, 0.1) is 18.2 Å². The third kappa shape index (κ3) is 5.48. The van der Waals surface area contributed by atoms with Crippen LogP contribution < -0.4 is 4.57 Å². The number of aromatic nitrogens is 9. The summed E-state index contributed by atoms with van der Waals surface area (Å²) in [6, 6.07) is 38.9. The van der Waals surface area contributed by atoms with E-state index in [-0.39, 0.29) is 26.5 Å². The third-order valence-corrected chi connectivity index (χ3v) is 14.5. The van der Waals surface area contributed by atoms with Gasteiger partial charge in [0.15, 0.2) is 0 Å². The van der Waals surface area contributed by atoms with Crippen molar-refractivity contribution in [3.05, 3.63) is 263 Å². The van der Waals surface area contributed by atoms with E-state index >= 15 is 0 Å². The SMILES string of the molecule is C[n+]1[c-]n(C2(c3[c-]c(C4(c5[c-]c(C6(c7cc(C(C)(C)C)ccn7)c7ccncc7-c7cnccc76)ccc5)c5ccncc5-c5cnccc54)ccc3)c3ccncc3-c3cnccc32)cc1.[Pt]. The summed E-state index contributed by atoms with van der Waals surface area (Å²) in [7, 11) is 2.00. The van der Waals surface area contributed by atoms with Gasteiger partial charge in [0.25, 0.3) is 0 Å². The number of nitrogens with zero attached hydrogens (tertiary/aromatic N) is 9. The molecule has 0 fully saturated rings. The summed E-state index contributed by atoms with van der Waals surface area (Å²) in [5.74, 6) is 0. The second-order valence-electron chi connectivity index (χ2n) is 18.8. The molecule has 13 rings (SSSR count). The van der Waals surface area contributed by atoms with Crippen LogP contribution in [0.25, 0.3) is 33.4 Å². The van der Waals surface area contributed by atoms with E-state index in [1.165, 1.54) is 5.56 Å². The zero-order valence-electron chi connectivity index (χ0n) is 37.6. The topological polar surface area (TPSA) is 99.0 Å². The van der Waals surface area contributed by atoms with Crippen molar-refractivity contribution in [3.8, 4) is 33.4 Å². The predicted octanol–water partition coefficient (Wildman–Crippen LogP) is 9.32. The Hall–Kier alpha value is -7.61.